The molecule has 0 N–H and O–H groups in total. The van der Waals surface area contributed by atoms with E-state index in [1.165, 1.54) is 41.3 Å². The zero-order valence-electron chi connectivity index (χ0n) is 41.9. The van der Waals surface area contributed by atoms with E-state index in [4.69, 9.17) is 18.9 Å². The van der Waals surface area contributed by atoms with Crippen molar-refractivity contribution in [2.75, 3.05) is 9.80 Å². The summed E-state index contributed by atoms with van der Waals surface area (Å²) in [6, 6.07) is 53.0. The number of aromatic nitrogens is 4. The third-order valence-corrected chi connectivity index (χ3v) is 13.8. The molecule has 2 aliphatic rings. The highest BCUT2D eigenvalue weighted by molar-refractivity contribution is 6.35. The van der Waals surface area contributed by atoms with Crippen LogP contribution in [0.25, 0.3) is 21.8 Å². The number of benzene rings is 8. The van der Waals surface area contributed by atoms with Crippen molar-refractivity contribution in [2.24, 2.45) is 0 Å². The summed E-state index contributed by atoms with van der Waals surface area (Å²) in [5.41, 5.74) is 5.01. The molecular weight excluding hydrogens is 989 g/mol. The van der Waals surface area contributed by atoms with Crippen molar-refractivity contribution in [3.8, 4) is 35.0 Å². The molecule has 4 heterocycles. The van der Waals surface area contributed by atoms with E-state index >= 15 is 0 Å². The van der Waals surface area contributed by atoms with Crippen molar-refractivity contribution in [1.29, 1.82) is 0 Å². The van der Waals surface area contributed by atoms with Crippen LogP contribution in [0.4, 0.5) is 11.6 Å². The molecule has 0 aliphatic carbocycles. The monoisotopic (exact) mass is 1030 g/mol. The van der Waals surface area contributed by atoms with Crippen molar-refractivity contribution in [2.45, 2.75) is 32.7 Å². The Morgan fingerprint density at radius 3 is 1.42 bits per heavy atom. The number of para-hydroxylation sites is 1. The van der Waals surface area contributed by atoms with Crippen LogP contribution in [0.15, 0.2) is 188 Å². The predicted octanol–water partition coefficient (Wildman–Crippen LogP) is 11.9. The van der Waals surface area contributed by atoms with Gasteiger partial charge in [-0.25, -0.2) is 19.4 Å². The first-order chi connectivity index (χ1) is 37.8. The van der Waals surface area contributed by atoms with E-state index in [9.17, 15) is 28.8 Å². The first-order valence-corrected chi connectivity index (χ1v) is 24.8. The fourth-order valence-electron chi connectivity index (χ4n) is 9.77. The second-order valence-electron chi connectivity index (χ2n) is 18.9. The number of hydrogen-bond donors (Lipinski definition) is 0. The van der Waals surface area contributed by atoms with Gasteiger partial charge in [-0.2, -0.15) is 9.97 Å². The first-order valence-electron chi connectivity index (χ1n) is 24.8. The normalized spacial score (nSPS) is 13.0. The molecule has 0 unspecified atom stereocenters. The van der Waals surface area contributed by atoms with Gasteiger partial charge in [-0.15, -0.1) is 4.98 Å². The van der Waals surface area contributed by atoms with Gasteiger partial charge in [0.2, 0.25) is 5.95 Å². The summed E-state index contributed by atoms with van der Waals surface area (Å²) in [4.78, 5) is 95.6. The lowest BCUT2D eigenvalue weighted by Gasteiger charge is -2.26. The maximum Gasteiger partial charge on any atom is 0.345 e. The summed E-state index contributed by atoms with van der Waals surface area (Å²) < 4.78 is 25.5. The number of aryl methyl sites for hydroxylation is 1. The third-order valence-electron chi connectivity index (χ3n) is 13.8. The zero-order valence-corrected chi connectivity index (χ0v) is 41.9. The minimum atomic E-state index is -0.849. The topological polar surface area (TPSA) is 189 Å². The molecule has 2 aliphatic heterocycles. The van der Waals surface area contributed by atoms with Crippen molar-refractivity contribution >= 4 is 69.0 Å². The van der Waals surface area contributed by atoms with E-state index in [2.05, 4.69) is 46.4 Å². The van der Waals surface area contributed by atoms with Crippen LogP contribution in [0.5, 0.6) is 35.0 Å². The molecule has 78 heavy (non-hydrogen) atoms. The van der Waals surface area contributed by atoms with E-state index in [1.807, 2.05) is 72.8 Å². The molecule has 380 valence electrons. The quantitative estimate of drug-likeness (QED) is 0.0784. The molecule has 0 atom stereocenters. The minimum Gasteiger partial charge on any atom is -0.457 e. The molecule has 0 saturated carbocycles. The second kappa shape index (κ2) is 19.3. The Kier molecular flexibility index (Phi) is 11.9. The summed E-state index contributed by atoms with van der Waals surface area (Å²) in [5, 5.41) is 2.02. The van der Waals surface area contributed by atoms with Gasteiger partial charge in [-0.05, 0) is 127 Å². The molecule has 16 nitrogen and oxygen atoms in total. The number of carbonyl (C=O) groups is 6. The van der Waals surface area contributed by atoms with Gasteiger partial charge >= 0.3 is 24.0 Å². The average molecular weight is 1030 g/mol. The van der Waals surface area contributed by atoms with Gasteiger partial charge in [-0.1, -0.05) is 92.7 Å². The number of nitrogens with zero attached hydrogens (tertiary/aromatic N) is 6. The maximum atomic E-state index is 14.0. The fourth-order valence-corrected chi connectivity index (χ4v) is 9.77. The Bertz CT molecular complexity index is 4050. The molecule has 0 radical (unpaired) electrons. The number of ether oxygens (including phenoxy) is 4. The SMILES string of the molecule is CCn1c2ccccc2c2cc(N3C(=O)c4ccc(Oc5ccc(C(C)(C)c6ccc(Oc7ccc8c(c7)C(=O)N(c7nc(OC(=O)c9ccccc9)nc(OC(=O)c9ccccc9)n7)C8=O)cc6)cc5)cc4C3=O)ccc21. The molecule has 0 bridgehead atoms. The van der Waals surface area contributed by atoms with Crippen LogP contribution >= 0.6 is 0 Å². The maximum absolute atomic E-state index is 14.0. The minimum absolute atomic E-state index is 0.0125. The van der Waals surface area contributed by atoms with Crippen LogP contribution < -0.4 is 28.7 Å². The van der Waals surface area contributed by atoms with Crippen molar-refractivity contribution in [3.63, 3.8) is 0 Å². The summed E-state index contributed by atoms with van der Waals surface area (Å²) >= 11 is 0. The summed E-state index contributed by atoms with van der Waals surface area (Å²) in [6.45, 7) is 7.04. The van der Waals surface area contributed by atoms with Gasteiger partial charge in [0.15, 0.2) is 0 Å². The van der Waals surface area contributed by atoms with Crippen molar-refractivity contribution in [3.05, 3.63) is 233 Å². The van der Waals surface area contributed by atoms with Crippen molar-refractivity contribution in [1.82, 2.24) is 19.5 Å². The highest BCUT2D eigenvalue weighted by atomic mass is 16.6. The standard InChI is InChI=1S/C62H42N6O10/c1-4-66-51-18-12-11-17-45(51)48-33-40(23-32-52(48)66)67-53(69)46-30-28-43(34-49(46)55(67)71)75-41-24-19-38(20-25-41)62(2,3)39-21-26-42(27-22-39)76-44-29-31-47-50(35-44)56(72)68(54(47)70)59-63-60(77-57(73)36-13-7-5-8-14-36)65-61(64-59)78-58(74)37-15-9-6-10-16-37/h5-35H,4H2,1-3H3. The largest absolute Gasteiger partial charge is 0.457 e. The highest BCUT2D eigenvalue weighted by Crippen LogP contribution is 2.39. The highest BCUT2D eigenvalue weighted by Gasteiger charge is 2.41. The Labute approximate surface area is 444 Å². The Morgan fingerprint density at radius 1 is 0.449 bits per heavy atom. The van der Waals surface area contributed by atoms with E-state index in [0.29, 0.717) is 33.4 Å². The molecule has 0 saturated heterocycles. The number of anilines is 2. The zero-order chi connectivity index (χ0) is 53.8. The number of esters is 2. The van der Waals surface area contributed by atoms with E-state index in [1.54, 1.807) is 72.8 Å². The van der Waals surface area contributed by atoms with E-state index < -0.39 is 59.0 Å². The molecule has 16 heteroatoms. The van der Waals surface area contributed by atoms with Gasteiger partial charge < -0.3 is 23.5 Å². The number of imide groups is 2. The Hall–Kier alpha value is -10.6. The smallest absolute Gasteiger partial charge is 0.345 e. The summed E-state index contributed by atoms with van der Waals surface area (Å²) in [7, 11) is 0. The van der Waals surface area contributed by atoms with Crippen LogP contribution in [-0.2, 0) is 12.0 Å². The lowest BCUT2D eigenvalue weighted by atomic mass is 9.78. The van der Waals surface area contributed by atoms with Crippen LogP contribution in [0, 0.1) is 0 Å². The van der Waals surface area contributed by atoms with E-state index in [0.717, 1.165) is 39.5 Å². The molecule has 0 spiro atoms. The predicted molar refractivity (Wildman–Crippen MR) is 288 cm³/mol. The molecule has 0 fully saturated rings. The molecular formula is C62H42N6O10. The third kappa shape index (κ3) is 8.62. The fraction of sp³-hybridized carbons (Fsp3) is 0.0806. The number of hydrogen-bond acceptors (Lipinski definition) is 13. The van der Waals surface area contributed by atoms with Gasteiger partial charge in [0.05, 0.1) is 39.1 Å². The van der Waals surface area contributed by atoms with Gasteiger partial charge in [0.1, 0.15) is 23.0 Å². The van der Waals surface area contributed by atoms with Crippen molar-refractivity contribution < 1.29 is 47.7 Å². The Balaban J connectivity index is 0.718. The van der Waals surface area contributed by atoms with Crippen LogP contribution in [-0.4, -0.2) is 55.1 Å². The average Bonchev–Trinajstić information content (AvgIpc) is 4.08. The summed E-state index contributed by atoms with van der Waals surface area (Å²) in [6.07, 6.45) is 0. The molecule has 2 aromatic heterocycles. The molecule has 4 amide bonds. The Morgan fingerprint density at radius 2 is 0.897 bits per heavy atom. The van der Waals surface area contributed by atoms with Gasteiger partial charge in [0.25, 0.3) is 23.6 Å². The lowest BCUT2D eigenvalue weighted by molar-refractivity contribution is 0.0704. The molecule has 10 aromatic rings. The van der Waals surface area contributed by atoms with E-state index in [-0.39, 0.29) is 33.6 Å². The van der Waals surface area contributed by atoms with Gasteiger partial charge in [0, 0.05) is 33.8 Å². The lowest BCUT2D eigenvalue weighted by Crippen LogP contribution is -2.31. The number of fused-ring (bicyclic) bond motifs is 5. The molecule has 12 rings (SSSR count). The number of amides is 4. The van der Waals surface area contributed by atoms with Crippen LogP contribution in [0.1, 0.15) is 94.0 Å². The van der Waals surface area contributed by atoms with Crippen LogP contribution in [0.3, 0.4) is 0 Å². The van der Waals surface area contributed by atoms with Gasteiger partial charge in [-0.3, -0.25) is 19.2 Å². The number of rotatable bonds is 13. The summed E-state index contributed by atoms with van der Waals surface area (Å²) in [5.74, 6) is -2.98. The van der Waals surface area contributed by atoms with Crippen LogP contribution in [0.2, 0.25) is 0 Å². The first kappa shape index (κ1) is 48.3. The molecule has 8 aromatic carbocycles. The second-order valence-corrected chi connectivity index (χ2v) is 18.9. The number of carbonyl (C=O) groups excluding carboxylic acids is 6.